The average molecular weight is 421 g/mol. The van der Waals surface area contributed by atoms with Crippen LogP contribution in [0.25, 0.3) is 0 Å². The third kappa shape index (κ3) is 3.39. The fraction of sp³-hybridized carbons (Fsp3) is 0.643. The van der Waals surface area contributed by atoms with Crippen LogP contribution < -0.4 is 0 Å². The van der Waals surface area contributed by atoms with Crippen LogP contribution in [0.1, 0.15) is 12.2 Å². The summed E-state index contributed by atoms with van der Waals surface area (Å²) in [5.74, 6) is 0.640. The highest BCUT2D eigenvalue weighted by Gasteiger charge is 2.49. The van der Waals surface area contributed by atoms with Crippen LogP contribution in [-0.4, -0.2) is 78.7 Å². The average Bonchev–Trinajstić information content (AvgIpc) is 3.31. The van der Waals surface area contributed by atoms with Gasteiger partial charge in [0.15, 0.2) is 5.82 Å². The maximum atomic E-state index is 13.0. The first-order chi connectivity index (χ1) is 12.3. The van der Waals surface area contributed by atoms with Gasteiger partial charge in [0.1, 0.15) is 4.21 Å². The van der Waals surface area contributed by atoms with Crippen LogP contribution in [0.3, 0.4) is 0 Å². The summed E-state index contributed by atoms with van der Waals surface area (Å²) in [5.41, 5.74) is -0.606. The molecule has 1 saturated heterocycles. The van der Waals surface area contributed by atoms with Gasteiger partial charge in [-0.2, -0.15) is 4.31 Å². The van der Waals surface area contributed by atoms with E-state index >= 15 is 0 Å². The second kappa shape index (κ2) is 7.49. The molecule has 1 aliphatic heterocycles. The summed E-state index contributed by atoms with van der Waals surface area (Å²) in [7, 11) is 1.83. The molecule has 3 rings (SSSR count). The lowest BCUT2D eigenvalue weighted by molar-refractivity contribution is 0.138. The number of likely N-dealkylation sites (N-methyl/N-ethyl adjacent to an activating group) is 1. The first-order valence-electron chi connectivity index (χ1n) is 8.00. The van der Waals surface area contributed by atoms with E-state index in [-0.39, 0.29) is 10.8 Å². The minimum atomic E-state index is -3.61. The van der Waals surface area contributed by atoms with Gasteiger partial charge >= 0.3 is 0 Å². The van der Waals surface area contributed by atoms with Gasteiger partial charge in [0.2, 0.25) is 0 Å². The highest BCUT2D eigenvalue weighted by molar-refractivity contribution is 7.91. The third-order valence-electron chi connectivity index (χ3n) is 4.67. The Morgan fingerprint density at radius 2 is 2.19 bits per heavy atom. The molecule has 3 heterocycles. The molecule has 1 unspecified atom stereocenters. The van der Waals surface area contributed by atoms with Crippen LogP contribution in [0, 0.1) is 0 Å². The number of nitrogens with zero attached hydrogens (tertiary/aromatic N) is 6. The Morgan fingerprint density at radius 3 is 2.81 bits per heavy atom. The van der Waals surface area contributed by atoms with Crippen LogP contribution in [0.15, 0.2) is 16.3 Å². The SMILES string of the molecule is COCCn1nnnc1C1(N(C)C)CCN(S(=O)(=O)c2ccc(Cl)s2)C1. The smallest absolute Gasteiger partial charge is 0.252 e. The number of sulfonamides is 1. The van der Waals surface area contributed by atoms with Crippen molar-refractivity contribution in [1.29, 1.82) is 0 Å². The van der Waals surface area contributed by atoms with Gasteiger partial charge in [-0.05, 0) is 43.1 Å². The summed E-state index contributed by atoms with van der Waals surface area (Å²) >= 11 is 6.98. The summed E-state index contributed by atoms with van der Waals surface area (Å²) in [4.78, 5) is 1.99. The van der Waals surface area contributed by atoms with Crippen molar-refractivity contribution in [2.45, 2.75) is 22.7 Å². The van der Waals surface area contributed by atoms with Gasteiger partial charge in [-0.1, -0.05) is 11.6 Å². The van der Waals surface area contributed by atoms with Crippen molar-refractivity contribution in [3.8, 4) is 0 Å². The third-order valence-corrected chi connectivity index (χ3v) is 8.21. The van der Waals surface area contributed by atoms with Gasteiger partial charge in [0, 0.05) is 20.2 Å². The molecule has 2 aromatic heterocycles. The number of rotatable bonds is 7. The van der Waals surface area contributed by atoms with Crippen molar-refractivity contribution < 1.29 is 13.2 Å². The molecule has 144 valence electrons. The molecule has 2 aromatic rings. The topological polar surface area (TPSA) is 93.4 Å². The molecule has 0 aliphatic carbocycles. The Bertz CT molecular complexity index is 868. The van der Waals surface area contributed by atoms with Crippen molar-refractivity contribution in [2.75, 3.05) is 40.9 Å². The molecular weight excluding hydrogens is 400 g/mol. The predicted molar refractivity (Wildman–Crippen MR) is 97.8 cm³/mol. The maximum absolute atomic E-state index is 13.0. The van der Waals surface area contributed by atoms with E-state index in [1.54, 1.807) is 23.9 Å². The molecule has 0 saturated carbocycles. The van der Waals surface area contributed by atoms with Crippen LogP contribution in [-0.2, 0) is 26.8 Å². The lowest BCUT2D eigenvalue weighted by Gasteiger charge is -2.34. The Balaban J connectivity index is 1.93. The van der Waals surface area contributed by atoms with Gasteiger partial charge in [0.05, 0.1) is 23.0 Å². The molecule has 9 nitrogen and oxygen atoms in total. The van der Waals surface area contributed by atoms with Gasteiger partial charge in [0.25, 0.3) is 10.0 Å². The molecule has 0 N–H and O–H groups in total. The number of halogens is 1. The second-order valence-electron chi connectivity index (χ2n) is 6.29. The minimum absolute atomic E-state index is 0.246. The van der Waals surface area contributed by atoms with E-state index in [2.05, 4.69) is 15.5 Å². The lowest BCUT2D eigenvalue weighted by Crippen LogP contribution is -2.47. The molecule has 1 aliphatic rings. The Hall–Kier alpha value is -1.11. The highest BCUT2D eigenvalue weighted by Crippen LogP contribution is 2.39. The summed E-state index contributed by atoms with van der Waals surface area (Å²) < 4.78 is 34.9. The molecule has 26 heavy (non-hydrogen) atoms. The summed E-state index contributed by atoms with van der Waals surface area (Å²) in [6.45, 7) is 1.62. The number of hydrogen-bond donors (Lipinski definition) is 0. The van der Waals surface area contributed by atoms with Crippen LogP contribution in [0.4, 0.5) is 0 Å². The van der Waals surface area contributed by atoms with Gasteiger partial charge < -0.3 is 4.74 Å². The standard InChI is InChI=1S/C14H21ClN6O3S2/c1-19(2)14(13-16-17-18-21(13)8-9-24-3)6-7-20(10-14)26(22,23)12-5-4-11(15)25-12/h4-5H,6-10H2,1-3H3. The molecular formula is C14H21ClN6O3S2. The fourth-order valence-electron chi connectivity index (χ4n) is 3.14. The molecule has 0 radical (unpaired) electrons. The number of thiophene rings is 1. The number of tetrazole rings is 1. The predicted octanol–water partition coefficient (Wildman–Crippen LogP) is 0.886. The van der Waals surface area contributed by atoms with Crippen LogP contribution in [0.5, 0.6) is 0 Å². The number of ether oxygens (including phenoxy) is 1. The van der Waals surface area contributed by atoms with Crippen molar-refractivity contribution in [3.63, 3.8) is 0 Å². The van der Waals surface area contributed by atoms with E-state index < -0.39 is 15.6 Å². The molecule has 0 amide bonds. The number of methoxy groups -OCH3 is 1. The zero-order valence-electron chi connectivity index (χ0n) is 14.8. The van der Waals surface area contributed by atoms with E-state index in [1.165, 1.54) is 4.31 Å². The number of aromatic nitrogens is 4. The van der Waals surface area contributed by atoms with Gasteiger partial charge in [-0.15, -0.1) is 16.4 Å². The van der Waals surface area contributed by atoms with Crippen molar-refractivity contribution >= 4 is 33.0 Å². The largest absolute Gasteiger partial charge is 0.383 e. The maximum Gasteiger partial charge on any atom is 0.252 e. The van der Waals surface area contributed by atoms with E-state index in [4.69, 9.17) is 16.3 Å². The van der Waals surface area contributed by atoms with Gasteiger partial charge in [-0.25, -0.2) is 13.1 Å². The Labute approximate surface area is 161 Å². The van der Waals surface area contributed by atoms with Gasteiger partial charge in [-0.3, -0.25) is 4.90 Å². The van der Waals surface area contributed by atoms with E-state index in [9.17, 15) is 8.42 Å². The molecule has 0 spiro atoms. The van der Waals surface area contributed by atoms with Crippen LogP contribution in [0.2, 0.25) is 4.34 Å². The van der Waals surface area contributed by atoms with Crippen LogP contribution >= 0.6 is 22.9 Å². The fourth-order valence-corrected chi connectivity index (χ4v) is 6.27. The Morgan fingerprint density at radius 1 is 1.42 bits per heavy atom. The first kappa shape index (κ1) is 19.6. The van der Waals surface area contributed by atoms with Crippen molar-refractivity contribution in [2.24, 2.45) is 0 Å². The van der Waals surface area contributed by atoms with E-state index in [0.29, 0.717) is 36.3 Å². The normalized spacial score (nSPS) is 21.7. The molecule has 1 atom stereocenters. The van der Waals surface area contributed by atoms with Crippen molar-refractivity contribution in [3.05, 3.63) is 22.3 Å². The molecule has 1 fully saturated rings. The molecule has 12 heteroatoms. The Kier molecular flexibility index (Phi) is 5.66. The summed E-state index contributed by atoms with van der Waals surface area (Å²) in [5, 5.41) is 12.0. The zero-order chi connectivity index (χ0) is 18.9. The minimum Gasteiger partial charge on any atom is -0.383 e. The summed E-state index contributed by atoms with van der Waals surface area (Å²) in [6.07, 6.45) is 0.589. The lowest BCUT2D eigenvalue weighted by atomic mass is 9.96. The number of hydrogen-bond acceptors (Lipinski definition) is 8. The highest BCUT2D eigenvalue weighted by atomic mass is 35.5. The van der Waals surface area contributed by atoms with E-state index in [1.807, 2.05) is 19.0 Å². The van der Waals surface area contributed by atoms with Crippen molar-refractivity contribution in [1.82, 2.24) is 29.4 Å². The first-order valence-corrected chi connectivity index (χ1v) is 10.6. The monoisotopic (exact) mass is 420 g/mol. The zero-order valence-corrected chi connectivity index (χ0v) is 17.2. The summed E-state index contributed by atoms with van der Waals surface area (Å²) in [6, 6.07) is 3.14. The van der Waals surface area contributed by atoms with E-state index in [0.717, 1.165) is 11.3 Å². The molecule has 0 aromatic carbocycles. The quantitative estimate of drug-likeness (QED) is 0.656. The second-order valence-corrected chi connectivity index (χ2v) is 10.2. The molecule has 0 bridgehead atoms.